The van der Waals surface area contributed by atoms with Crippen molar-refractivity contribution in [2.75, 3.05) is 0 Å². The molecule has 0 radical (unpaired) electrons. The first-order valence-electron chi connectivity index (χ1n) is 24.9. The number of rotatable bonds is 7. The van der Waals surface area contributed by atoms with Gasteiger partial charge in [-0.15, -0.1) is 0 Å². The lowest BCUT2D eigenvalue weighted by Crippen LogP contribution is -2.01. The van der Waals surface area contributed by atoms with Crippen LogP contribution in [-0.2, 0) is 0 Å². The molecule has 0 atom stereocenters. The van der Waals surface area contributed by atoms with Crippen molar-refractivity contribution in [3.05, 3.63) is 261 Å². The van der Waals surface area contributed by atoms with Gasteiger partial charge in [-0.05, 0) is 107 Å². The molecule has 4 aromatic heterocycles. The van der Waals surface area contributed by atoms with Crippen molar-refractivity contribution in [1.82, 2.24) is 23.7 Å². The van der Waals surface area contributed by atoms with Crippen LogP contribution in [0.4, 0.5) is 0 Å². The summed E-state index contributed by atoms with van der Waals surface area (Å²) in [6, 6.07) is 94.1. The van der Waals surface area contributed by atoms with Crippen molar-refractivity contribution in [1.29, 1.82) is 0 Å². The first-order chi connectivity index (χ1) is 36.2. The normalized spacial score (nSPS) is 11.8. The van der Waals surface area contributed by atoms with Crippen LogP contribution in [0.25, 0.3) is 138 Å². The first-order valence-corrected chi connectivity index (χ1v) is 24.9. The minimum Gasteiger partial charge on any atom is -0.309 e. The molecule has 0 aliphatic carbocycles. The number of hydrogen-bond acceptors (Lipinski definition) is 2. The summed E-state index contributed by atoms with van der Waals surface area (Å²) >= 11 is 0. The molecule has 0 aliphatic rings. The topological polar surface area (TPSA) is 40.6 Å². The van der Waals surface area contributed by atoms with E-state index in [2.05, 4.69) is 268 Å². The lowest BCUT2D eigenvalue weighted by Gasteiger charge is -2.16. The van der Waals surface area contributed by atoms with Gasteiger partial charge in [-0.3, -0.25) is 0 Å². The van der Waals surface area contributed by atoms with Crippen molar-refractivity contribution >= 4 is 76.2 Å². The van der Waals surface area contributed by atoms with Gasteiger partial charge in [-0.25, -0.2) is 9.97 Å². The minimum absolute atomic E-state index is 0.669. The number of nitrogens with zero attached hydrogens (tertiary/aromatic N) is 5. The molecule has 0 spiro atoms. The highest BCUT2D eigenvalue weighted by atomic mass is 15.0. The summed E-state index contributed by atoms with van der Waals surface area (Å²) in [5.41, 5.74) is 17.1. The second-order valence-electron chi connectivity index (χ2n) is 19.0. The van der Waals surface area contributed by atoms with Gasteiger partial charge in [0.1, 0.15) is 0 Å². The van der Waals surface area contributed by atoms with Gasteiger partial charge in [0, 0.05) is 66.1 Å². The lowest BCUT2D eigenvalue weighted by molar-refractivity contribution is 1.13. The molecule has 4 heterocycles. The molecule has 5 heteroatoms. The molecule has 0 unspecified atom stereocenters. The van der Waals surface area contributed by atoms with E-state index in [0.29, 0.717) is 5.82 Å². The fourth-order valence-corrected chi connectivity index (χ4v) is 11.4. The van der Waals surface area contributed by atoms with E-state index in [0.717, 1.165) is 72.7 Å². The van der Waals surface area contributed by atoms with Crippen molar-refractivity contribution in [2.24, 2.45) is 0 Å². The number of aromatic nitrogens is 5. The van der Waals surface area contributed by atoms with Gasteiger partial charge in [0.25, 0.3) is 0 Å². The molecule has 340 valence electrons. The summed E-state index contributed by atoms with van der Waals surface area (Å²) in [6.45, 7) is 0. The van der Waals surface area contributed by atoms with Crippen molar-refractivity contribution in [3.8, 4) is 62.1 Å². The summed E-state index contributed by atoms with van der Waals surface area (Å²) in [4.78, 5) is 10.8. The molecular weight excluding hydrogens is 887 g/mol. The third kappa shape index (κ3) is 6.63. The fraction of sp³-hybridized carbons (Fsp3) is 0. The largest absolute Gasteiger partial charge is 0.309 e. The summed E-state index contributed by atoms with van der Waals surface area (Å²) < 4.78 is 7.20. The Morgan fingerprint density at radius 2 is 0.630 bits per heavy atom. The highest BCUT2D eigenvalue weighted by Crippen LogP contribution is 2.40. The van der Waals surface area contributed by atoms with Crippen LogP contribution in [0.15, 0.2) is 261 Å². The molecule has 0 bridgehead atoms. The molecule has 15 rings (SSSR count). The zero-order valence-electron chi connectivity index (χ0n) is 39.6. The van der Waals surface area contributed by atoms with Crippen LogP contribution in [0.5, 0.6) is 0 Å². The quantitative estimate of drug-likeness (QED) is 0.160. The predicted octanol–water partition coefficient (Wildman–Crippen LogP) is 17.6. The molecule has 5 nitrogen and oxygen atoms in total. The number of para-hydroxylation sites is 5. The number of fused-ring (bicyclic) bond motifs is 10. The Morgan fingerprint density at radius 1 is 0.219 bits per heavy atom. The van der Waals surface area contributed by atoms with E-state index in [1.54, 1.807) is 0 Å². The van der Waals surface area contributed by atoms with Crippen molar-refractivity contribution in [2.45, 2.75) is 0 Å². The second-order valence-corrected chi connectivity index (χ2v) is 19.0. The van der Waals surface area contributed by atoms with E-state index in [9.17, 15) is 0 Å². The Labute approximate surface area is 420 Å². The highest BCUT2D eigenvalue weighted by molar-refractivity contribution is 6.12. The summed E-state index contributed by atoms with van der Waals surface area (Å²) in [7, 11) is 0. The molecule has 0 saturated heterocycles. The zero-order chi connectivity index (χ0) is 48.0. The highest BCUT2D eigenvalue weighted by Gasteiger charge is 2.20. The fourth-order valence-electron chi connectivity index (χ4n) is 11.4. The smallest absolute Gasteiger partial charge is 0.160 e. The lowest BCUT2D eigenvalue weighted by atomic mass is 9.99. The van der Waals surface area contributed by atoms with E-state index in [4.69, 9.17) is 9.97 Å². The SMILES string of the molecule is c1ccc(-c2nc(-c3ccc(-n4c5ccccc5c5cc(-c6ccc7ccccc7c6)ccc54)cc3)cc(-c3cc(-n4c5ccccc5c5ccccc54)cc(-n4c5ccccc5c5ccccc54)c3)n2)cc1. The third-order valence-corrected chi connectivity index (χ3v) is 14.8. The van der Waals surface area contributed by atoms with Gasteiger partial charge >= 0.3 is 0 Å². The first kappa shape index (κ1) is 41.0. The molecule has 15 aromatic rings. The zero-order valence-corrected chi connectivity index (χ0v) is 39.6. The Morgan fingerprint density at radius 3 is 1.19 bits per heavy atom. The van der Waals surface area contributed by atoms with Crippen molar-refractivity contribution in [3.63, 3.8) is 0 Å². The van der Waals surface area contributed by atoms with E-state index in [1.165, 1.54) is 59.7 Å². The summed E-state index contributed by atoms with van der Waals surface area (Å²) in [6.07, 6.45) is 0. The van der Waals surface area contributed by atoms with Gasteiger partial charge in [-0.1, -0.05) is 176 Å². The Bertz CT molecular complexity index is 4430. The molecule has 73 heavy (non-hydrogen) atoms. The van der Waals surface area contributed by atoms with Gasteiger partial charge in [0.05, 0.1) is 44.5 Å². The second kappa shape index (κ2) is 16.4. The average Bonchev–Trinajstić information content (AvgIpc) is 4.11. The minimum atomic E-state index is 0.669. The van der Waals surface area contributed by atoms with E-state index in [-0.39, 0.29) is 0 Å². The van der Waals surface area contributed by atoms with Crippen LogP contribution in [0.2, 0.25) is 0 Å². The Balaban J connectivity index is 0.907. The van der Waals surface area contributed by atoms with E-state index < -0.39 is 0 Å². The molecule has 0 saturated carbocycles. The third-order valence-electron chi connectivity index (χ3n) is 14.8. The maximum absolute atomic E-state index is 5.43. The van der Waals surface area contributed by atoms with Crippen LogP contribution >= 0.6 is 0 Å². The van der Waals surface area contributed by atoms with Crippen LogP contribution in [0.1, 0.15) is 0 Å². The van der Waals surface area contributed by atoms with E-state index >= 15 is 0 Å². The molecule has 0 N–H and O–H groups in total. The number of benzene rings is 11. The maximum atomic E-state index is 5.43. The predicted molar refractivity (Wildman–Crippen MR) is 304 cm³/mol. The van der Waals surface area contributed by atoms with Crippen LogP contribution in [0.3, 0.4) is 0 Å². The Hall–Kier alpha value is -9.84. The molecular formula is C68H43N5. The van der Waals surface area contributed by atoms with Gasteiger partial charge in [-0.2, -0.15) is 0 Å². The average molecular weight is 930 g/mol. The molecule has 0 fully saturated rings. The van der Waals surface area contributed by atoms with Crippen LogP contribution in [-0.4, -0.2) is 23.7 Å². The van der Waals surface area contributed by atoms with Crippen LogP contribution in [0, 0.1) is 0 Å². The van der Waals surface area contributed by atoms with Gasteiger partial charge in [0.15, 0.2) is 5.82 Å². The van der Waals surface area contributed by atoms with Crippen LogP contribution < -0.4 is 0 Å². The Kier molecular flexibility index (Phi) is 9.19. The number of hydrogen-bond donors (Lipinski definition) is 0. The van der Waals surface area contributed by atoms with E-state index in [1.807, 2.05) is 6.07 Å². The van der Waals surface area contributed by atoms with Gasteiger partial charge in [0.2, 0.25) is 0 Å². The van der Waals surface area contributed by atoms with Crippen molar-refractivity contribution < 1.29 is 0 Å². The molecule has 0 aliphatic heterocycles. The molecule has 11 aromatic carbocycles. The monoisotopic (exact) mass is 929 g/mol. The molecule has 0 amide bonds. The van der Waals surface area contributed by atoms with Gasteiger partial charge < -0.3 is 13.7 Å². The summed E-state index contributed by atoms with van der Waals surface area (Å²) in [5.74, 6) is 0.669. The standard InChI is InChI=1S/C68H43N5/c1-2-17-46(18-3-1)68-69-60(45-32-35-51(36-33-45)71-66-29-15-10-24-58(66)59-41-49(34-37-67(59)71)48-31-30-44-16-4-5-19-47(44)38-48)43-61(70-68)50-39-52(72-62-25-11-6-20-54(62)55-21-7-12-26-63(55)72)42-53(40-50)73-64-27-13-8-22-56(64)57-23-9-14-28-65(57)73/h1-43H. The maximum Gasteiger partial charge on any atom is 0.160 e. The summed E-state index contributed by atoms with van der Waals surface area (Å²) in [5, 5.41) is 9.80.